The zero-order chi connectivity index (χ0) is 17.7. The predicted molar refractivity (Wildman–Crippen MR) is 86.3 cm³/mol. The van der Waals surface area contributed by atoms with Gasteiger partial charge in [0.2, 0.25) is 0 Å². The Kier molecular flexibility index (Phi) is 5.54. The van der Waals surface area contributed by atoms with Gasteiger partial charge in [0, 0.05) is 15.9 Å². The molecule has 0 aliphatic heterocycles. The molecule has 0 spiro atoms. The summed E-state index contributed by atoms with van der Waals surface area (Å²) in [5.74, 6) is -1.68. The summed E-state index contributed by atoms with van der Waals surface area (Å²) >= 11 is 1.27. The summed E-state index contributed by atoms with van der Waals surface area (Å²) in [5.41, 5.74) is 0.233. The molecule has 0 unspecified atom stereocenters. The molecule has 124 valence electrons. The van der Waals surface area contributed by atoms with Gasteiger partial charge >= 0.3 is 11.9 Å². The Morgan fingerprint density at radius 2 is 1.79 bits per heavy atom. The Labute approximate surface area is 141 Å². The van der Waals surface area contributed by atoms with E-state index < -0.39 is 16.9 Å². The number of aliphatic carboxylic acids is 1. The van der Waals surface area contributed by atoms with Crippen molar-refractivity contribution < 1.29 is 24.4 Å². The fraction of sp³-hybridized carbons (Fsp3) is 0.125. The maximum absolute atomic E-state index is 11.6. The number of hydrogen-bond donors (Lipinski definition) is 1. The van der Waals surface area contributed by atoms with E-state index in [1.807, 2.05) is 0 Å². The summed E-state index contributed by atoms with van der Waals surface area (Å²) < 4.78 is 4.53. The van der Waals surface area contributed by atoms with Gasteiger partial charge in [0.15, 0.2) is 0 Å². The van der Waals surface area contributed by atoms with E-state index >= 15 is 0 Å². The van der Waals surface area contributed by atoms with E-state index in [0.717, 1.165) is 12.0 Å². The molecule has 0 amide bonds. The number of ether oxygens (including phenoxy) is 1. The third kappa shape index (κ3) is 4.32. The molecular weight excluding hydrogens is 334 g/mol. The molecule has 24 heavy (non-hydrogen) atoms. The Hall–Kier alpha value is -2.87. The van der Waals surface area contributed by atoms with Crippen LogP contribution >= 0.6 is 11.8 Å². The first-order valence-electron chi connectivity index (χ1n) is 6.76. The van der Waals surface area contributed by atoms with E-state index in [2.05, 4.69) is 4.74 Å². The number of methoxy groups -OCH3 is 1. The first-order valence-corrected chi connectivity index (χ1v) is 7.57. The molecular formula is C16H13NO6S. The molecule has 0 bridgehead atoms. The average molecular weight is 347 g/mol. The minimum atomic E-state index is -0.913. The fourth-order valence-corrected chi connectivity index (χ4v) is 2.85. The molecule has 0 heterocycles. The number of nitro groups is 1. The first-order chi connectivity index (χ1) is 11.4. The van der Waals surface area contributed by atoms with Crippen LogP contribution in [-0.2, 0) is 16.0 Å². The number of nitrogens with zero attached hydrogens (tertiary/aromatic N) is 1. The van der Waals surface area contributed by atoms with Crippen molar-refractivity contribution in [3.63, 3.8) is 0 Å². The van der Waals surface area contributed by atoms with Crippen molar-refractivity contribution in [2.75, 3.05) is 7.11 Å². The molecule has 1 N–H and O–H groups in total. The third-order valence-electron chi connectivity index (χ3n) is 3.09. The standard InChI is InChI=1S/C16H13NO6S/c1-23-16(20)13-7-6-12(9-14(13)17(21)22)24-11-4-2-10(3-5-11)8-15(18)19/h2-7,9H,8H2,1H3,(H,18,19). The summed E-state index contributed by atoms with van der Waals surface area (Å²) in [7, 11) is 1.16. The summed E-state index contributed by atoms with van der Waals surface area (Å²) in [6, 6.07) is 11.1. The van der Waals surface area contributed by atoms with Crippen LogP contribution in [0.3, 0.4) is 0 Å². The van der Waals surface area contributed by atoms with Crippen molar-refractivity contribution in [1.29, 1.82) is 0 Å². The van der Waals surface area contributed by atoms with Gasteiger partial charge in [-0.15, -0.1) is 0 Å². The van der Waals surface area contributed by atoms with Crippen LogP contribution in [0.2, 0.25) is 0 Å². The summed E-state index contributed by atoms with van der Waals surface area (Å²) in [4.78, 5) is 34.1. The molecule has 7 nitrogen and oxygen atoms in total. The van der Waals surface area contributed by atoms with Gasteiger partial charge in [-0.25, -0.2) is 4.79 Å². The highest BCUT2D eigenvalue weighted by Gasteiger charge is 2.21. The van der Waals surface area contributed by atoms with Crippen molar-refractivity contribution >= 4 is 29.4 Å². The van der Waals surface area contributed by atoms with Crippen LogP contribution in [0.1, 0.15) is 15.9 Å². The minimum absolute atomic E-state index is 0.0652. The number of rotatable bonds is 6. The number of carboxylic acid groups (broad SMARTS) is 1. The third-order valence-corrected chi connectivity index (χ3v) is 4.08. The van der Waals surface area contributed by atoms with Gasteiger partial charge in [0.05, 0.1) is 18.5 Å². The smallest absolute Gasteiger partial charge is 0.344 e. The number of carbonyl (C=O) groups excluding carboxylic acids is 1. The molecule has 0 saturated carbocycles. The molecule has 0 atom stereocenters. The van der Waals surface area contributed by atoms with Crippen LogP contribution in [0.15, 0.2) is 52.3 Å². The molecule has 0 fully saturated rings. The number of carbonyl (C=O) groups is 2. The molecule has 8 heteroatoms. The predicted octanol–water partition coefficient (Wildman–Crippen LogP) is 3.16. The molecule has 2 aromatic rings. The molecule has 0 saturated heterocycles. The number of hydrogen-bond acceptors (Lipinski definition) is 6. The van der Waals surface area contributed by atoms with E-state index in [0.29, 0.717) is 10.5 Å². The Balaban J connectivity index is 2.23. The van der Waals surface area contributed by atoms with Crippen molar-refractivity contribution in [3.05, 3.63) is 63.7 Å². The van der Waals surface area contributed by atoms with Crippen molar-refractivity contribution in [1.82, 2.24) is 0 Å². The van der Waals surface area contributed by atoms with E-state index in [4.69, 9.17) is 5.11 Å². The van der Waals surface area contributed by atoms with Gasteiger partial charge in [0.1, 0.15) is 5.56 Å². The highest BCUT2D eigenvalue weighted by Crippen LogP contribution is 2.32. The molecule has 2 rings (SSSR count). The second-order valence-electron chi connectivity index (χ2n) is 4.74. The van der Waals surface area contributed by atoms with Gasteiger partial charge in [0.25, 0.3) is 5.69 Å². The molecule has 0 aliphatic rings. The SMILES string of the molecule is COC(=O)c1ccc(Sc2ccc(CC(=O)O)cc2)cc1[N+](=O)[O-]. The molecule has 0 aromatic heterocycles. The highest BCUT2D eigenvalue weighted by atomic mass is 32.2. The van der Waals surface area contributed by atoms with Crippen LogP contribution in [-0.4, -0.2) is 29.1 Å². The normalized spacial score (nSPS) is 10.2. The number of nitro benzene ring substituents is 1. The highest BCUT2D eigenvalue weighted by molar-refractivity contribution is 7.99. The second kappa shape index (κ2) is 7.60. The molecule has 2 aromatic carbocycles. The van der Waals surface area contributed by atoms with Crippen LogP contribution in [0.4, 0.5) is 5.69 Å². The van der Waals surface area contributed by atoms with Gasteiger partial charge in [-0.2, -0.15) is 0 Å². The van der Waals surface area contributed by atoms with E-state index in [1.54, 1.807) is 30.3 Å². The quantitative estimate of drug-likeness (QED) is 0.486. The number of esters is 1. The van der Waals surface area contributed by atoms with Gasteiger partial charge in [-0.1, -0.05) is 23.9 Å². The summed E-state index contributed by atoms with van der Waals surface area (Å²) in [5, 5.41) is 19.9. The second-order valence-corrected chi connectivity index (χ2v) is 5.89. The zero-order valence-electron chi connectivity index (χ0n) is 12.6. The van der Waals surface area contributed by atoms with Gasteiger partial charge < -0.3 is 9.84 Å². The van der Waals surface area contributed by atoms with Crippen LogP contribution in [0.5, 0.6) is 0 Å². The Bertz CT molecular complexity index is 788. The largest absolute Gasteiger partial charge is 0.481 e. The average Bonchev–Trinajstić information content (AvgIpc) is 2.55. The topological polar surface area (TPSA) is 107 Å². The van der Waals surface area contributed by atoms with Gasteiger partial charge in [-0.05, 0) is 29.8 Å². The van der Waals surface area contributed by atoms with E-state index in [-0.39, 0.29) is 17.7 Å². The van der Waals surface area contributed by atoms with Crippen molar-refractivity contribution in [3.8, 4) is 0 Å². The number of benzene rings is 2. The maximum atomic E-state index is 11.6. The Morgan fingerprint density at radius 1 is 1.17 bits per heavy atom. The lowest BCUT2D eigenvalue weighted by atomic mass is 10.2. The van der Waals surface area contributed by atoms with Crippen LogP contribution in [0, 0.1) is 10.1 Å². The van der Waals surface area contributed by atoms with Crippen LogP contribution in [0.25, 0.3) is 0 Å². The number of carboxylic acids is 1. The molecule has 0 radical (unpaired) electrons. The van der Waals surface area contributed by atoms with Gasteiger partial charge in [-0.3, -0.25) is 14.9 Å². The molecule has 0 aliphatic carbocycles. The van der Waals surface area contributed by atoms with Crippen molar-refractivity contribution in [2.24, 2.45) is 0 Å². The first kappa shape index (κ1) is 17.5. The maximum Gasteiger partial charge on any atom is 0.344 e. The van der Waals surface area contributed by atoms with Crippen LogP contribution < -0.4 is 0 Å². The van der Waals surface area contributed by atoms with E-state index in [1.165, 1.54) is 23.9 Å². The fourth-order valence-electron chi connectivity index (χ4n) is 1.99. The summed E-state index contributed by atoms with van der Waals surface area (Å²) in [6.45, 7) is 0. The lowest BCUT2D eigenvalue weighted by molar-refractivity contribution is -0.385. The van der Waals surface area contributed by atoms with Crippen molar-refractivity contribution in [2.45, 2.75) is 16.2 Å². The monoisotopic (exact) mass is 347 g/mol. The lowest BCUT2D eigenvalue weighted by Gasteiger charge is -2.05. The lowest BCUT2D eigenvalue weighted by Crippen LogP contribution is -2.05. The zero-order valence-corrected chi connectivity index (χ0v) is 13.4. The van der Waals surface area contributed by atoms with E-state index in [9.17, 15) is 19.7 Å². The Morgan fingerprint density at radius 3 is 2.33 bits per heavy atom. The summed E-state index contributed by atoms with van der Waals surface area (Å²) in [6.07, 6.45) is -0.0652. The minimum Gasteiger partial charge on any atom is -0.481 e.